The van der Waals surface area contributed by atoms with Crippen LogP contribution in [-0.4, -0.2) is 23.9 Å². The number of hydrogen-bond acceptors (Lipinski definition) is 1. The average molecular weight is 307 g/mol. The summed E-state index contributed by atoms with van der Waals surface area (Å²) < 4.78 is 0. The van der Waals surface area contributed by atoms with E-state index in [2.05, 4.69) is 72.6 Å². The number of guanidine groups is 1. The molecule has 0 atom stereocenters. The normalized spacial score (nSPS) is 15.6. The largest absolute Gasteiger partial charge is 0.342 e. The first-order valence-electron chi connectivity index (χ1n) is 8.45. The first kappa shape index (κ1) is 15.6. The molecule has 3 nitrogen and oxygen atoms in total. The molecular weight excluding hydrogens is 282 g/mol. The number of likely N-dealkylation sites (tertiary alicyclic amines) is 1. The third-order valence-corrected chi connectivity index (χ3v) is 4.20. The van der Waals surface area contributed by atoms with Gasteiger partial charge in [-0.15, -0.1) is 0 Å². The van der Waals surface area contributed by atoms with Crippen molar-refractivity contribution in [1.29, 1.82) is 0 Å². The number of hydrogen-bond donors (Lipinski definition) is 1. The van der Waals surface area contributed by atoms with Crippen LogP contribution < -0.4 is 5.32 Å². The second kappa shape index (κ2) is 7.32. The summed E-state index contributed by atoms with van der Waals surface area (Å²) in [5, 5.41) is 3.53. The van der Waals surface area contributed by atoms with E-state index in [1.165, 1.54) is 30.4 Å². The van der Waals surface area contributed by atoms with E-state index in [-0.39, 0.29) is 0 Å². The van der Waals surface area contributed by atoms with Gasteiger partial charge < -0.3 is 10.2 Å². The number of rotatable bonds is 2. The molecule has 0 spiro atoms. The van der Waals surface area contributed by atoms with Crippen LogP contribution in [0.15, 0.2) is 53.5 Å². The minimum absolute atomic E-state index is 0.958. The van der Waals surface area contributed by atoms with Crippen molar-refractivity contribution in [3.63, 3.8) is 0 Å². The van der Waals surface area contributed by atoms with Crippen molar-refractivity contribution in [3.8, 4) is 0 Å². The van der Waals surface area contributed by atoms with Crippen molar-refractivity contribution in [3.05, 3.63) is 59.7 Å². The zero-order valence-electron chi connectivity index (χ0n) is 14.0. The van der Waals surface area contributed by atoms with Crippen molar-refractivity contribution in [2.24, 2.45) is 4.99 Å². The van der Waals surface area contributed by atoms with Crippen molar-refractivity contribution < 1.29 is 0 Å². The Kier molecular flexibility index (Phi) is 4.96. The van der Waals surface area contributed by atoms with Crippen molar-refractivity contribution >= 4 is 17.3 Å². The summed E-state index contributed by atoms with van der Waals surface area (Å²) in [6.07, 6.45) is 3.80. The maximum absolute atomic E-state index is 4.88. The lowest BCUT2D eigenvalue weighted by atomic mass is 10.1. The van der Waals surface area contributed by atoms with Gasteiger partial charge in [-0.1, -0.05) is 29.8 Å². The van der Waals surface area contributed by atoms with Gasteiger partial charge in [-0.25, -0.2) is 4.99 Å². The summed E-state index contributed by atoms with van der Waals surface area (Å²) in [6.45, 7) is 6.36. The Morgan fingerprint density at radius 1 is 0.913 bits per heavy atom. The van der Waals surface area contributed by atoms with E-state index in [0.29, 0.717) is 0 Å². The second-order valence-corrected chi connectivity index (χ2v) is 6.31. The summed E-state index contributed by atoms with van der Waals surface area (Å²) in [5.41, 5.74) is 4.61. The smallest absolute Gasteiger partial charge is 0.203 e. The van der Waals surface area contributed by atoms with E-state index in [0.717, 1.165) is 30.4 Å². The molecule has 0 saturated carbocycles. The number of aryl methyl sites for hydroxylation is 2. The highest BCUT2D eigenvalue weighted by atomic mass is 15.3. The molecule has 1 saturated heterocycles. The van der Waals surface area contributed by atoms with Crippen LogP contribution in [0, 0.1) is 13.8 Å². The number of piperidine rings is 1. The lowest BCUT2D eigenvalue weighted by molar-refractivity contribution is 0.341. The summed E-state index contributed by atoms with van der Waals surface area (Å²) >= 11 is 0. The fourth-order valence-electron chi connectivity index (χ4n) is 2.88. The van der Waals surface area contributed by atoms with E-state index >= 15 is 0 Å². The Morgan fingerprint density at radius 2 is 1.65 bits per heavy atom. The standard InChI is InChI=1S/C20H25N3/c1-16-9-11-18(12-10-16)21-20(23-13-4-3-5-14-23)22-19-8-6-7-17(2)15-19/h6-12,15H,3-5,13-14H2,1-2H3,(H,21,22). The van der Waals surface area contributed by atoms with Crippen LogP contribution in [0.25, 0.3) is 0 Å². The van der Waals surface area contributed by atoms with Crippen LogP contribution in [-0.2, 0) is 0 Å². The molecule has 0 bridgehead atoms. The Hall–Kier alpha value is -2.29. The van der Waals surface area contributed by atoms with Crippen LogP contribution in [0.2, 0.25) is 0 Å². The van der Waals surface area contributed by atoms with Gasteiger partial charge in [0.2, 0.25) is 5.96 Å². The number of nitrogens with zero attached hydrogens (tertiary/aromatic N) is 2. The third kappa shape index (κ3) is 4.35. The molecule has 2 aromatic rings. The van der Waals surface area contributed by atoms with Gasteiger partial charge in [-0.2, -0.15) is 0 Å². The van der Waals surface area contributed by atoms with E-state index in [9.17, 15) is 0 Å². The Morgan fingerprint density at radius 3 is 2.35 bits per heavy atom. The molecule has 1 aliphatic heterocycles. The van der Waals surface area contributed by atoms with Crippen molar-refractivity contribution in [1.82, 2.24) is 4.90 Å². The van der Waals surface area contributed by atoms with Gasteiger partial charge in [-0.3, -0.25) is 0 Å². The minimum atomic E-state index is 0.958. The lowest BCUT2D eigenvalue weighted by Crippen LogP contribution is -2.39. The van der Waals surface area contributed by atoms with Crippen LogP contribution in [0.3, 0.4) is 0 Å². The fourth-order valence-corrected chi connectivity index (χ4v) is 2.88. The third-order valence-electron chi connectivity index (χ3n) is 4.20. The first-order valence-corrected chi connectivity index (χ1v) is 8.45. The quantitative estimate of drug-likeness (QED) is 0.632. The number of nitrogens with one attached hydrogen (secondary N) is 1. The molecule has 0 aromatic heterocycles. The molecule has 2 aromatic carbocycles. The van der Waals surface area contributed by atoms with E-state index in [4.69, 9.17) is 4.99 Å². The van der Waals surface area contributed by atoms with Crippen LogP contribution in [0.4, 0.5) is 11.4 Å². The molecular formula is C20H25N3. The maximum Gasteiger partial charge on any atom is 0.203 e. The molecule has 0 radical (unpaired) electrons. The van der Waals surface area contributed by atoms with Gasteiger partial charge in [0, 0.05) is 18.8 Å². The Labute approximate surface area is 139 Å². The number of anilines is 1. The molecule has 1 N–H and O–H groups in total. The molecule has 1 aliphatic rings. The van der Waals surface area contributed by atoms with Gasteiger partial charge >= 0.3 is 0 Å². The topological polar surface area (TPSA) is 27.6 Å². The van der Waals surface area contributed by atoms with Crippen molar-refractivity contribution in [2.75, 3.05) is 18.4 Å². The predicted molar refractivity (Wildman–Crippen MR) is 98.5 cm³/mol. The lowest BCUT2D eigenvalue weighted by Gasteiger charge is -2.30. The monoisotopic (exact) mass is 307 g/mol. The van der Waals surface area contributed by atoms with Gasteiger partial charge in [0.25, 0.3) is 0 Å². The zero-order valence-corrected chi connectivity index (χ0v) is 14.0. The van der Waals surface area contributed by atoms with Gasteiger partial charge in [0.05, 0.1) is 5.69 Å². The highest BCUT2D eigenvalue weighted by Gasteiger charge is 2.15. The molecule has 120 valence electrons. The highest BCUT2D eigenvalue weighted by Crippen LogP contribution is 2.18. The summed E-state index contributed by atoms with van der Waals surface area (Å²) in [6, 6.07) is 16.8. The van der Waals surface area contributed by atoms with Gasteiger partial charge in [0.1, 0.15) is 0 Å². The Balaban J connectivity index is 1.87. The molecule has 3 heteroatoms. The second-order valence-electron chi connectivity index (χ2n) is 6.31. The van der Waals surface area contributed by atoms with Gasteiger partial charge in [0.15, 0.2) is 0 Å². The SMILES string of the molecule is Cc1ccc(N=C(Nc2cccc(C)c2)N2CCCCC2)cc1. The Bertz CT molecular complexity index is 668. The van der Waals surface area contributed by atoms with Crippen LogP contribution >= 0.6 is 0 Å². The highest BCUT2D eigenvalue weighted by molar-refractivity contribution is 5.95. The molecule has 3 rings (SSSR count). The summed E-state index contributed by atoms with van der Waals surface area (Å²) in [7, 11) is 0. The minimum Gasteiger partial charge on any atom is -0.342 e. The molecule has 1 heterocycles. The first-order chi connectivity index (χ1) is 11.2. The molecule has 0 aliphatic carbocycles. The van der Waals surface area contributed by atoms with Crippen molar-refractivity contribution in [2.45, 2.75) is 33.1 Å². The zero-order chi connectivity index (χ0) is 16.1. The fraction of sp³-hybridized carbons (Fsp3) is 0.350. The number of aliphatic imine (C=N–C) groups is 1. The van der Waals surface area contributed by atoms with Crippen LogP contribution in [0.1, 0.15) is 30.4 Å². The van der Waals surface area contributed by atoms with E-state index in [1.807, 2.05) is 0 Å². The molecule has 1 fully saturated rings. The van der Waals surface area contributed by atoms with Gasteiger partial charge in [-0.05, 0) is 62.9 Å². The maximum atomic E-state index is 4.88. The van der Waals surface area contributed by atoms with Crippen LogP contribution in [0.5, 0.6) is 0 Å². The predicted octanol–water partition coefficient (Wildman–Crippen LogP) is 4.89. The average Bonchev–Trinajstić information content (AvgIpc) is 2.57. The van der Waals surface area contributed by atoms with E-state index in [1.54, 1.807) is 0 Å². The molecule has 0 amide bonds. The summed E-state index contributed by atoms with van der Waals surface area (Å²) in [4.78, 5) is 7.25. The summed E-state index contributed by atoms with van der Waals surface area (Å²) in [5.74, 6) is 0.958. The molecule has 23 heavy (non-hydrogen) atoms. The molecule has 0 unspecified atom stereocenters. The number of benzene rings is 2. The van der Waals surface area contributed by atoms with E-state index < -0.39 is 0 Å².